The van der Waals surface area contributed by atoms with Gasteiger partial charge in [-0.25, -0.2) is 0 Å². The second kappa shape index (κ2) is 7.19. The fourth-order valence-corrected chi connectivity index (χ4v) is 3.64. The fourth-order valence-electron chi connectivity index (χ4n) is 3.64. The van der Waals surface area contributed by atoms with E-state index in [1.165, 1.54) is 11.8 Å². The van der Waals surface area contributed by atoms with Gasteiger partial charge in [0.15, 0.2) is 0 Å². The van der Waals surface area contributed by atoms with Gasteiger partial charge in [0.2, 0.25) is 17.7 Å². The highest BCUT2D eigenvalue weighted by Gasteiger charge is 2.34. The maximum atomic E-state index is 12.6. The Morgan fingerprint density at radius 1 is 1.19 bits per heavy atom. The molecule has 0 aliphatic carbocycles. The molecule has 3 amide bonds. The maximum absolute atomic E-state index is 12.6. The first kappa shape index (κ1) is 18.0. The van der Waals surface area contributed by atoms with Crippen LogP contribution in [0.4, 0.5) is 0 Å². The number of aryl methyl sites for hydroxylation is 2. The van der Waals surface area contributed by atoms with Crippen molar-refractivity contribution in [1.82, 2.24) is 14.4 Å². The summed E-state index contributed by atoms with van der Waals surface area (Å²) in [4.78, 5) is 39.0. The van der Waals surface area contributed by atoms with E-state index in [2.05, 4.69) is 16.7 Å². The zero-order valence-electron chi connectivity index (χ0n) is 15.1. The highest BCUT2D eigenvalue weighted by atomic mass is 16.2. The SMILES string of the molecule is CC(=O)N1CCN(C(=O)CCn2c(C)cc3ccccc32)C[C@H]1C(N)=O. The van der Waals surface area contributed by atoms with Gasteiger partial charge in [-0.2, -0.15) is 0 Å². The zero-order chi connectivity index (χ0) is 18.8. The number of nitrogens with zero attached hydrogens (tertiary/aromatic N) is 3. The fraction of sp³-hybridized carbons (Fsp3) is 0.421. The third-order valence-electron chi connectivity index (χ3n) is 5.03. The van der Waals surface area contributed by atoms with Crippen LogP contribution in [0.3, 0.4) is 0 Å². The molecule has 7 heteroatoms. The highest BCUT2D eigenvalue weighted by Crippen LogP contribution is 2.20. The normalized spacial score (nSPS) is 17.5. The number of amides is 3. The number of aromatic nitrogens is 1. The van der Waals surface area contributed by atoms with Crippen LogP contribution in [-0.2, 0) is 20.9 Å². The van der Waals surface area contributed by atoms with E-state index in [0.717, 1.165) is 16.6 Å². The third-order valence-corrected chi connectivity index (χ3v) is 5.03. The van der Waals surface area contributed by atoms with Crippen molar-refractivity contribution in [2.24, 2.45) is 5.73 Å². The van der Waals surface area contributed by atoms with Gasteiger partial charge in [0.1, 0.15) is 6.04 Å². The molecular formula is C19H24N4O3. The standard InChI is InChI=1S/C19H24N4O3/c1-13-11-15-5-3-4-6-16(15)22(13)8-7-18(25)21-9-10-23(14(2)24)17(12-21)19(20)26/h3-6,11,17H,7-10,12H2,1-2H3,(H2,20,26)/t17-/m0/s1. The van der Waals surface area contributed by atoms with Gasteiger partial charge in [0.25, 0.3) is 0 Å². The molecule has 1 atom stereocenters. The topological polar surface area (TPSA) is 88.6 Å². The van der Waals surface area contributed by atoms with Crippen molar-refractivity contribution in [2.45, 2.75) is 32.9 Å². The molecule has 1 aliphatic rings. The summed E-state index contributed by atoms with van der Waals surface area (Å²) in [6.07, 6.45) is 0.338. The van der Waals surface area contributed by atoms with Gasteiger partial charge >= 0.3 is 0 Å². The molecule has 2 heterocycles. The van der Waals surface area contributed by atoms with E-state index in [0.29, 0.717) is 26.1 Å². The molecular weight excluding hydrogens is 332 g/mol. The third kappa shape index (κ3) is 3.42. The Hall–Kier alpha value is -2.83. The van der Waals surface area contributed by atoms with Crippen molar-refractivity contribution in [3.8, 4) is 0 Å². The molecule has 1 saturated heterocycles. The second-order valence-electron chi connectivity index (χ2n) is 6.72. The van der Waals surface area contributed by atoms with Gasteiger partial charge in [0, 0.05) is 44.2 Å². The van der Waals surface area contributed by atoms with Crippen LogP contribution in [0.25, 0.3) is 10.9 Å². The van der Waals surface area contributed by atoms with Crippen LogP contribution in [0.2, 0.25) is 0 Å². The quantitative estimate of drug-likeness (QED) is 0.882. The average Bonchev–Trinajstić information content (AvgIpc) is 2.94. The summed E-state index contributed by atoms with van der Waals surface area (Å²) >= 11 is 0. The Kier molecular flexibility index (Phi) is 4.97. The minimum atomic E-state index is -0.751. The Bertz CT molecular complexity index is 858. The molecule has 138 valence electrons. The monoisotopic (exact) mass is 356 g/mol. The molecule has 0 radical (unpaired) electrons. The Morgan fingerprint density at radius 3 is 2.62 bits per heavy atom. The molecule has 3 rings (SSSR count). The number of carbonyl (C=O) groups excluding carboxylic acids is 3. The van der Waals surface area contributed by atoms with E-state index in [4.69, 9.17) is 5.73 Å². The number of benzene rings is 1. The summed E-state index contributed by atoms with van der Waals surface area (Å²) in [5.41, 5.74) is 7.63. The van der Waals surface area contributed by atoms with E-state index in [1.807, 2.05) is 25.1 Å². The van der Waals surface area contributed by atoms with Gasteiger partial charge in [-0.3, -0.25) is 14.4 Å². The molecule has 2 N–H and O–H groups in total. The van der Waals surface area contributed by atoms with Gasteiger partial charge in [-0.05, 0) is 24.4 Å². The lowest BCUT2D eigenvalue weighted by Gasteiger charge is -2.39. The summed E-state index contributed by atoms with van der Waals surface area (Å²) in [5, 5.41) is 1.15. The minimum absolute atomic E-state index is 0.0309. The first-order valence-electron chi connectivity index (χ1n) is 8.77. The van der Waals surface area contributed by atoms with Crippen molar-refractivity contribution in [3.63, 3.8) is 0 Å². The minimum Gasteiger partial charge on any atom is -0.368 e. The predicted molar refractivity (Wildman–Crippen MR) is 98.2 cm³/mol. The first-order chi connectivity index (χ1) is 12.4. The summed E-state index contributed by atoms with van der Waals surface area (Å²) in [7, 11) is 0. The lowest BCUT2D eigenvalue weighted by atomic mass is 10.1. The van der Waals surface area contributed by atoms with Crippen LogP contribution in [0, 0.1) is 6.92 Å². The molecule has 1 aromatic heterocycles. The number of fused-ring (bicyclic) bond motifs is 1. The average molecular weight is 356 g/mol. The van der Waals surface area contributed by atoms with Crippen LogP contribution in [0.5, 0.6) is 0 Å². The summed E-state index contributed by atoms with van der Waals surface area (Å²) in [6.45, 7) is 4.94. The number of rotatable bonds is 4. The lowest BCUT2D eigenvalue weighted by molar-refractivity contribution is -0.146. The maximum Gasteiger partial charge on any atom is 0.242 e. The summed E-state index contributed by atoms with van der Waals surface area (Å²) < 4.78 is 2.13. The van der Waals surface area contributed by atoms with Crippen LogP contribution in [0.1, 0.15) is 19.0 Å². The molecule has 1 aliphatic heterocycles. The van der Waals surface area contributed by atoms with Gasteiger partial charge in [-0.1, -0.05) is 18.2 Å². The summed E-state index contributed by atoms with van der Waals surface area (Å²) in [6, 6.07) is 9.43. The molecule has 26 heavy (non-hydrogen) atoms. The van der Waals surface area contributed by atoms with E-state index in [-0.39, 0.29) is 18.4 Å². The van der Waals surface area contributed by atoms with Crippen LogP contribution >= 0.6 is 0 Å². The number of piperazine rings is 1. The lowest BCUT2D eigenvalue weighted by Crippen LogP contribution is -2.60. The van der Waals surface area contributed by atoms with Crippen molar-refractivity contribution in [1.29, 1.82) is 0 Å². The molecule has 7 nitrogen and oxygen atoms in total. The Morgan fingerprint density at radius 2 is 1.92 bits per heavy atom. The number of para-hydroxylation sites is 1. The van der Waals surface area contributed by atoms with Crippen molar-refractivity contribution in [2.75, 3.05) is 19.6 Å². The number of primary amides is 1. The first-order valence-corrected chi connectivity index (χ1v) is 8.77. The van der Waals surface area contributed by atoms with Crippen molar-refractivity contribution in [3.05, 3.63) is 36.0 Å². The van der Waals surface area contributed by atoms with E-state index in [9.17, 15) is 14.4 Å². The van der Waals surface area contributed by atoms with Crippen LogP contribution in [-0.4, -0.2) is 57.8 Å². The van der Waals surface area contributed by atoms with E-state index < -0.39 is 11.9 Å². The molecule has 0 unspecified atom stereocenters. The molecule has 0 saturated carbocycles. The van der Waals surface area contributed by atoms with Gasteiger partial charge < -0.3 is 20.1 Å². The zero-order valence-corrected chi connectivity index (χ0v) is 15.1. The molecule has 0 bridgehead atoms. The van der Waals surface area contributed by atoms with Crippen molar-refractivity contribution < 1.29 is 14.4 Å². The smallest absolute Gasteiger partial charge is 0.242 e. The number of hydrogen-bond acceptors (Lipinski definition) is 3. The Labute approximate surface area is 152 Å². The molecule has 1 fully saturated rings. The van der Waals surface area contributed by atoms with E-state index in [1.54, 1.807) is 4.90 Å². The van der Waals surface area contributed by atoms with Crippen molar-refractivity contribution >= 4 is 28.6 Å². The number of hydrogen-bond donors (Lipinski definition) is 1. The predicted octanol–water partition coefficient (Wildman–Crippen LogP) is 0.884. The Balaban J connectivity index is 1.67. The molecule has 1 aromatic carbocycles. The highest BCUT2D eigenvalue weighted by molar-refractivity contribution is 5.87. The number of carbonyl (C=O) groups is 3. The van der Waals surface area contributed by atoms with E-state index >= 15 is 0 Å². The molecule has 0 spiro atoms. The van der Waals surface area contributed by atoms with Gasteiger partial charge in [-0.15, -0.1) is 0 Å². The van der Waals surface area contributed by atoms with Crippen LogP contribution in [0.15, 0.2) is 30.3 Å². The molecule has 2 aromatic rings. The largest absolute Gasteiger partial charge is 0.368 e. The van der Waals surface area contributed by atoms with Crippen LogP contribution < -0.4 is 5.73 Å². The van der Waals surface area contributed by atoms with Gasteiger partial charge in [0.05, 0.1) is 6.54 Å². The summed E-state index contributed by atoms with van der Waals surface area (Å²) in [5.74, 6) is -0.808. The second-order valence-corrected chi connectivity index (χ2v) is 6.72. The number of nitrogens with two attached hydrogens (primary N) is 1.